The van der Waals surface area contributed by atoms with Crippen LogP contribution in [0, 0.1) is 0 Å². The maximum atomic E-state index is 8.81. The van der Waals surface area contributed by atoms with Crippen LogP contribution >= 0.6 is 11.5 Å². The van der Waals surface area contributed by atoms with Crippen LogP contribution in [0.4, 0.5) is 0 Å². The van der Waals surface area contributed by atoms with E-state index >= 15 is 0 Å². The summed E-state index contributed by atoms with van der Waals surface area (Å²) in [5.74, 6) is 0.665. The molecule has 0 unspecified atom stereocenters. The van der Waals surface area contributed by atoms with Crippen LogP contribution in [0.5, 0.6) is 0 Å². The van der Waals surface area contributed by atoms with E-state index in [4.69, 9.17) is 9.63 Å². The molecule has 2 aromatic heterocycles. The molecule has 2 heterocycles. The normalized spacial score (nSPS) is 10.8. The molecule has 0 amide bonds. The number of aryl methyl sites for hydroxylation is 1. The number of aromatic nitrogens is 4. The van der Waals surface area contributed by atoms with E-state index in [9.17, 15) is 0 Å². The summed E-state index contributed by atoms with van der Waals surface area (Å²) in [5.41, 5.74) is 0.871. The topological polar surface area (TPSA) is 84.9 Å². The van der Waals surface area contributed by atoms with Gasteiger partial charge in [-0.2, -0.15) is 4.98 Å². The van der Waals surface area contributed by atoms with Gasteiger partial charge in [-0.3, -0.25) is 0 Å². The molecule has 15 heavy (non-hydrogen) atoms. The van der Waals surface area contributed by atoms with Crippen molar-refractivity contribution in [2.24, 2.45) is 0 Å². The van der Waals surface area contributed by atoms with E-state index < -0.39 is 0 Å². The summed E-state index contributed by atoms with van der Waals surface area (Å²) < 4.78 is 8.85. The van der Waals surface area contributed by atoms with Gasteiger partial charge in [0.1, 0.15) is 11.5 Å². The molecule has 0 spiro atoms. The predicted molar refractivity (Wildman–Crippen MR) is 53.1 cm³/mol. The van der Waals surface area contributed by atoms with Gasteiger partial charge in [-0.1, -0.05) is 23.0 Å². The third-order valence-corrected chi connectivity index (χ3v) is 2.60. The van der Waals surface area contributed by atoms with E-state index in [1.54, 1.807) is 0 Å². The number of aliphatic hydroxyl groups is 1. The highest BCUT2D eigenvalue weighted by Crippen LogP contribution is 2.25. The van der Waals surface area contributed by atoms with Crippen LogP contribution in [0.1, 0.15) is 24.9 Å². The van der Waals surface area contributed by atoms with Crippen LogP contribution in [-0.2, 0) is 13.0 Å². The van der Waals surface area contributed by atoms with E-state index in [-0.39, 0.29) is 12.4 Å². The van der Waals surface area contributed by atoms with Crippen molar-refractivity contribution >= 4 is 11.5 Å². The zero-order valence-corrected chi connectivity index (χ0v) is 8.99. The molecule has 1 N–H and O–H groups in total. The summed E-state index contributed by atoms with van der Waals surface area (Å²) in [4.78, 5) is 4.81. The summed E-state index contributed by atoms with van der Waals surface area (Å²) in [7, 11) is 0. The van der Waals surface area contributed by atoms with Crippen molar-refractivity contribution in [1.29, 1.82) is 0 Å². The lowest BCUT2D eigenvalue weighted by Crippen LogP contribution is -1.88. The lowest BCUT2D eigenvalue weighted by molar-refractivity contribution is 0.264. The zero-order valence-electron chi connectivity index (χ0n) is 8.17. The van der Waals surface area contributed by atoms with E-state index in [1.165, 1.54) is 11.5 Å². The molecule has 0 aliphatic carbocycles. The number of nitrogens with zero attached hydrogens (tertiary/aromatic N) is 4. The maximum Gasteiger partial charge on any atom is 0.271 e. The smallest absolute Gasteiger partial charge is 0.271 e. The number of hydrogen-bond acceptors (Lipinski definition) is 7. The Morgan fingerprint density at radius 3 is 3.00 bits per heavy atom. The summed E-state index contributed by atoms with van der Waals surface area (Å²) in [6.07, 6.45) is 1.82. The molecular formula is C8H10N4O2S. The Balaban J connectivity index is 2.31. The van der Waals surface area contributed by atoms with Crippen LogP contribution in [0.3, 0.4) is 0 Å². The summed E-state index contributed by atoms with van der Waals surface area (Å²) in [6.45, 7) is 1.84. The van der Waals surface area contributed by atoms with E-state index in [0.29, 0.717) is 5.89 Å². The lowest BCUT2D eigenvalue weighted by Gasteiger charge is -1.91. The van der Waals surface area contributed by atoms with Gasteiger partial charge < -0.3 is 9.63 Å². The monoisotopic (exact) mass is 226 g/mol. The molecule has 0 saturated heterocycles. The molecule has 80 valence electrons. The van der Waals surface area contributed by atoms with Crippen LogP contribution in [0.15, 0.2) is 4.52 Å². The molecule has 7 heteroatoms. The van der Waals surface area contributed by atoms with E-state index in [1.807, 2.05) is 0 Å². The average molecular weight is 226 g/mol. The van der Waals surface area contributed by atoms with Gasteiger partial charge in [-0.15, -0.1) is 5.10 Å². The van der Waals surface area contributed by atoms with Gasteiger partial charge in [0, 0.05) is 0 Å². The van der Waals surface area contributed by atoms with E-state index in [2.05, 4.69) is 26.7 Å². The third kappa shape index (κ3) is 2.02. The maximum absolute atomic E-state index is 8.81. The third-order valence-electron chi connectivity index (χ3n) is 1.85. The first-order valence-corrected chi connectivity index (χ1v) is 5.37. The first kappa shape index (κ1) is 10.2. The van der Waals surface area contributed by atoms with Crippen LogP contribution in [0.2, 0.25) is 0 Å². The van der Waals surface area contributed by atoms with Crippen molar-refractivity contribution in [3.8, 4) is 10.8 Å². The molecule has 2 rings (SSSR count). The minimum atomic E-state index is -0.223. The summed E-state index contributed by atoms with van der Waals surface area (Å²) in [5, 5.41) is 16.4. The predicted octanol–water partition coefficient (Wildman–Crippen LogP) is 1.03. The molecule has 0 aliphatic heterocycles. The molecule has 0 fully saturated rings. The van der Waals surface area contributed by atoms with Crippen LogP contribution < -0.4 is 0 Å². The summed E-state index contributed by atoms with van der Waals surface area (Å²) >= 11 is 1.23. The molecule has 2 aromatic rings. The fourth-order valence-corrected chi connectivity index (χ4v) is 1.81. The van der Waals surface area contributed by atoms with Gasteiger partial charge >= 0.3 is 0 Å². The number of aliphatic hydroxyl groups excluding tert-OH is 1. The SMILES string of the molecule is CCCc1nnsc1-c1nc(CO)no1. The van der Waals surface area contributed by atoms with Gasteiger partial charge in [0.25, 0.3) is 5.89 Å². The molecule has 6 nitrogen and oxygen atoms in total. The van der Waals surface area contributed by atoms with Crippen LogP contribution in [0.25, 0.3) is 10.8 Å². The second-order valence-corrected chi connectivity index (χ2v) is 3.73. The quantitative estimate of drug-likeness (QED) is 0.838. The Kier molecular flexibility index (Phi) is 3.02. The highest BCUT2D eigenvalue weighted by atomic mass is 32.1. The number of hydrogen-bond donors (Lipinski definition) is 1. The molecule has 0 bridgehead atoms. The minimum Gasteiger partial charge on any atom is -0.388 e. The molecule has 0 radical (unpaired) electrons. The minimum absolute atomic E-state index is 0.223. The number of rotatable bonds is 4. The lowest BCUT2D eigenvalue weighted by atomic mass is 10.2. The Hall–Kier alpha value is -1.34. The Bertz CT molecular complexity index is 439. The average Bonchev–Trinajstić information content (AvgIpc) is 2.85. The van der Waals surface area contributed by atoms with Gasteiger partial charge in [0.2, 0.25) is 0 Å². The highest BCUT2D eigenvalue weighted by molar-refractivity contribution is 7.09. The van der Waals surface area contributed by atoms with Gasteiger partial charge in [-0.05, 0) is 18.0 Å². The molecule has 0 saturated carbocycles. The second kappa shape index (κ2) is 4.45. The second-order valence-electron chi connectivity index (χ2n) is 2.97. The first-order valence-electron chi connectivity index (χ1n) is 4.60. The van der Waals surface area contributed by atoms with Crippen molar-refractivity contribution in [3.05, 3.63) is 11.5 Å². The van der Waals surface area contributed by atoms with Gasteiger partial charge in [0.15, 0.2) is 5.82 Å². The first-order chi connectivity index (χ1) is 7.35. The van der Waals surface area contributed by atoms with E-state index in [0.717, 1.165) is 23.4 Å². The Morgan fingerprint density at radius 2 is 2.33 bits per heavy atom. The molecule has 0 atom stereocenters. The fourth-order valence-electron chi connectivity index (χ4n) is 1.18. The van der Waals surface area contributed by atoms with Gasteiger partial charge in [0.05, 0.1) is 5.69 Å². The zero-order chi connectivity index (χ0) is 10.7. The molecular weight excluding hydrogens is 216 g/mol. The standard InChI is InChI=1S/C8H10N4O2S/c1-2-3-5-7(15-12-10-5)8-9-6(4-13)11-14-8/h13H,2-4H2,1H3. The molecule has 0 aliphatic rings. The van der Waals surface area contributed by atoms with Crippen molar-refractivity contribution in [3.63, 3.8) is 0 Å². The largest absolute Gasteiger partial charge is 0.388 e. The Morgan fingerprint density at radius 1 is 1.47 bits per heavy atom. The summed E-state index contributed by atoms with van der Waals surface area (Å²) in [6, 6.07) is 0. The Labute approximate surface area is 90.1 Å². The van der Waals surface area contributed by atoms with Crippen molar-refractivity contribution in [2.45, 2.75) is 26.4 Å². The highest BCUT2D eigenvalue weighted by Gasteiger charge is 2.16. The van der Waals surface area contributed by atoms with Gasteiger partial charge in [-0.25, -0.2) is 0 Å². The van der Waals surface area contributed by atoms with Crippen molar-refractivity contribution in [1.82, 2.24) is 19.7 Å². The fraction of sp³-hybridized carbons (Fsp3) is 0.500. The van der Waals surface area contributed by atoms with Crippen molar-refractivity contribution in [2.75, 3.05) is 0 Å². The van der Waals surface area contributed by atoms with Crippen molar-refractivity contribution < 1.29 is 9.63 Å². The molecule has 0 aromatic carbocycles. The van der Waals surface area contributed by atoms with Crippen LogP contribution in [-0.4, -0.2) is 24.8 Å².